The van der Waals surface area contributed by atoms with E-state index in [9.17, 15) is 9.59 Å². The lowest BCUT2D eigenvalue weighted by Crippen LogP contribution is -1.85. The summed E-state index contributed by atoms with van der Waals surface area (Å²) in [6, 6.07) is 5.38. The lowest BCUT2D eigenvalue weighted by molar-refractivity contribution is -0.107. The molecule has 0 unspecified atom stereocenters. The molecular formula is C12H10O2. The average molecular weight is 186 g/mol. The first-order valence-corrected chi connectivity index (χ1v) is 4.25. The summed E-state index contributed by atoms with van der Waals surface area (Å²) in [6.45, 7) is 1.90. The van der Waals surface area contributed by atoms with Gasteiger partial charge in [0, 0.05) is 11.1 Å². The molecule has 0 spiro atoms. The monoisotopic (exact) mass is 186 g/mol. The van der Waals surface area contributed by atoms with Crippen molar-refractivity contribution in [2.24, 2.45) is 0 Å². The molecule has 0 aliphatic carbocycles. The highest BCUT2D eigenvalue weighted by Gasteiger charge is 1.94. The van der Waals surface area contributed by atoms with E-state index in [4.69, 9.17) is 0 Å². The van der Waals surface area contributed by atoms with Crippen LogP contribution in [0.4, 0.5) is 0 Å². The lowest BCUT2D eigenvalue weighted by atomic mass is 10.1. The van der Waals surface area contributed by atoms with Crippen LogP contribution in [0.2, 0.25) is 0 Å². The first kappa shape index (κ1) is 10.2. The van der Waals surface area contributed by atoms with Gasteiger partial charge in [0.25, 0.3) is 0 Å². The van der Waals surface area contributed by atoms with Gasteiger partial charge in [-0.05, 0) is 30.7 Å². The van der Waals surface area contributed by atoms with Gasteiger partial charge in [-0.15, -0.1) is 0 Å². The van der Waals surface area contributed by atoms with E-state index >= 15 is 0 Å². The minimum atomic E-state index is 0.227. The molecule has 0 bridgehead atoms. The van der Waals surface area contributed by atoms with Crippen molar-refractivity contribution in [1.82, 2.24) is 0 Å². The van der Waals surface area contributed by atoms with Crippen molar-refractivity contribution >= 4 is 12.6 Å². The Morgan fingerprint density at radius 3 is 2.71 bits per heavy atom. The second-order valence-electron chi connectivity index (χ2n) is 2.92. The number of benzene rings is 1. The molecule has 0 saturated heterocycles. The number of carbonyl (C=O) groups is 2. The van der Waals surface area contributed by atoms with Crippen molar-refractivity contribution in [2.75, 3.05) is 0 Å². The van der Waals surface area contributed by atoms with Gasteiger partial charge in [-0.1, -0.05) is 11.8 Å². The topological polar surface area (TPSA) is 34.1 Å². The van der Waals surface area contributed by atoms with E-state index in [0.717, 1.165) is 23.7 Å². The third-order valence-electron chi connectivity index (χ3n) is 1.65. The van der Waals surface area contributed by atoms with Gasteiger partial charge in [0.2, 0.25) is 0 Å². The van der Waals surface area contributed by atoms with Gasteiger partial charge in [0.15, 0.2) is 0 Å². The molecule has 1 rings (SSSR count). The highest BCUT2D eigenvalue weighted by molar-refractivity contribution is 5.76. The molecule has 0 aliphatic heterocycles. The Labute approximate surface area is 82.9 Å². The lowest BCUT2D eigenvalue weighted by Gasteiger charge is -1.96. The second kappa shape index (κ2) is 4.98. The van der Waals surface area contributed by atoms with Crippen molar-refractivity contribution < 1.29 is 9.59 Å². The van der Waals surface area contributed by atoms with Gasteiger partial charge in [-0.3, -0.25) is 4.79 Å². The zero-order valence-corrected chi connectivity index (χ0v) is 7.91. The largest absolute Gasteiger partial charge is 0.302 e. The summed E-state index contributed by atoms with van der Waals surface area (Å²) in [4.78, 5) is 20.6. The van der Waals surface area contributed by atoms with E-state index in [1.54, 1.807) is 12.1 Å². The fraction of sp³-hybridized carbons (Fsp3) is 0.167. The molecule has 0 radical (unpaired) electrons. The Kier molecular flexibility index (Phi) is 3.63. The molecule has 1 aromatic rings. The Balaban J connectivity index is 2.99. The van der Waals surface area contributed by atoms with Crippen LogP contribution in [-0.4, -0.2) is 12.6 Å². The number of rotatable bonds is 2. The van der Waals surface area contributed by atoms with Crippen LogP contribution in [0.5, 0.6) is 0 Å². The van der Waals surface area contributed by atoms with Crippen molar-refractivity contribution in [2.45, 2.75) is 13.3 Å². The zero-order valence-electron chi connectivity index (χ0n) is 7.91. The predicted octanol–water partition coefficient (Wildman–Crippen LogP) is 1.75. The van der Waals surface area contributed by atoms with Crippen molar-refractivity contribution in [3.05, 3.63) is 34.9 Å². The van der Waals surface area contributed by atoms with E-state index in [0.29, 0.717) is 5.56 Å². The van der Waals surface area contributed by atoms with Crippen molar-refractivity contribution in [3.63, 3.8) is 0 Å². The smallest absolute Gasteiger partial charge is 0.150 e. The summed E-state index contributed by atoms with van der Waals surface area (Å²) in [7, 11) is 0. The van der Waals surface area contributed by atoms with E-state index < -0.39 is 0 Å². The number of aryl methyl sites for hydroxylation is 1. The van der Waals surface area contributed by atoms with Crippen LogP contribution < -0.4 is 0 Å². The van der Waals surface area contributed by atoms with Crippen molar-refractivity contribution in [3.8, 4) is 11.8 Å². The molecule has 0 aromatic heterocycles. The van der Waals surface area contributed by atoms with Crippen LogP contribution >= 0.6 is 0 Å². The molecule has 2 nitrogen and oxygen atoms in total. The van der Waals surface area contributed by atoms with Gasteiger partial charge < -0.3 is 4.79 Å². The van der Waals surface area contributed by atoms with Gasteiger partial charge in [0.1, 0.15) is 12.6 Å². The highest BCUT2D eigenvalue weighted by atomic mass is 16.1. The Morgan fingerprint density at radius 1 is 1.29 bits per heavy atom. The van der Waals surface area contributed by atoms with Gasteiger partial charge in [0.05, 0.1) is 6.42 Å². The number of aldehydes is 2. The Bertz CT molecular complexity index is 408. The molecule has 0 N–H and O–H groups in total. The maximum absolute atomic E-state index is 10.5. The van der Waals surface area contributed by atoms with Crippen LogP contribution in [0.3, 0.4) is 0 Å². The summed E-state index contributed by atoms with van der Waals surface area (Å²) in [5.41, 5.74) is 2.37. The van der Waals surface area contributed by atoms with E-state index in [-0.39, 0.29) is 6.42 Å². The highest BCUT2D eigenvalue weighted by Crippen LogP contribution is 2.06. The summed E-state index contributed by atoms with van der Waals surface area (Å²) in [5, 5.41) is 0. The molecule has 1 aromatic carbocycles. The fourth-order valence-electron chi connectivity index (χ4n) is 1.15. The van der Waals surface area contributed by atoms with Crippen LogP contribution in [0, 0.1) is 18.8 Å². The predicted molar refractivity (Wildman–Crippen MR) is 54.1 cm³/mol. The Hall–Kier alpha value is -1.88. The second-order valence-corrected chi connectivity index (χ2v) is 2.92. The first-order valence-electron chi connectivity index (χ1n) is 4.25. The summed E-state index contributed by atoms with van der Waals surface area (Å²) in [6.07, 6.45) is 1.77. The molecule has 0 amide bonds. The fourth-order valence-corrected chi connectivity index (χ4v) is 1.15. The average Bonchev–Trinajstić information content (AvgIpc) is 2.17. The Morgan fingerprint density at radius 2 is 2.07 bits per heavy atom. The van der Waals surface area contributed by atoms with Crippen LogP contribution in [-0.2, 0) is 4.79 Å². The van der Waals surface area contributed by atoms with Gasteiger partial charge >= 0.3 is 0 Å². The SMILES string of the molecule is Cc1cc(C#CCC=O)cc(C=O)c1. The van der Waals surface area contributed by atoms with E-state index in [2.05, 4.69) is 11.8 Å². The van der Waals surface area contributed by atoms with E-state index in [1.807, 2.05) is 13.0 Å². The molecule has 0 fully saturated rings. The summed E-state index contributed by atoms with van der Waals surface area (Å²) in [5.74, 6) is 5.52. The molecule has 14 heavy (non-hydrogen) atoms. The zero-order chi connectivity index (χ0) is 10.4. The van der Waals surface area contributed by atoms with Gasteiger partial charge in [-0.25, -0.2) is 0 Å². The normalized spacial score (nSPS) is 8.64. The number of hydrogen-bond donors (Lipinski definition) is 0. The van der Waals surface area contributed by atoms with E-state index in [1.165, 1.54) is 0 Å². The number of hydrogen-bond acceptors (Lipinski definition) is 2. The molecule has 0 atom stereocenters. The molecule has 70 valence electrons. The molecule has 0 heterocycles. The first-order chi connectivity index (χ1) is 6.76. The standard InChI is InChI=1S/C12H10O2/c1-10-6-11(4-2-3-5-13)8-12(7-10)9-14/h5-9H,3H2,1H3. The van der Waals surface area contributed by atoms with Crippen LogP contribution in [0.25, 0.3) is 0 Å². The minimum absolute atomic E-state index is 0.227. The molecular weight excluding hydrogens is 176 g/mol. The number of carbonyl (C=O) groups excluding carboxylic acids is 2. The van der Waals surface area contributed by atoms with Crippen molar-refractivity contribution in [1.29, 1.82) is 0 Å². The quantitative estimate of drug-likeness (QED) is 0.521. The summed E-state index contributed by atoms with van der Waals surface area (Å²) < 4.78 is 0. The van der Waals surface area contributed by atoms with Crippen LogP contribution in [0.1, 0.15) is 27.9 Å². The molecule has 0 aliphatic rings. The third kappa shape index (κ3) is 2.87. The minimum Gasteiger partial charge on any atom is -0.302 e. The third-order valence-corrected chi connectivity index (χ3v) is 1.65. The maximum Gasteiger partial charge on any atom is 0.150 e. The molecule has 0 saturated carbocycles. The van der Waals surface area contributed by atoms with Crippen LogP contribution in [0.15, 0.2) is 18.2 Å². The maximum atomic E-state index is 10.5. The van der Waals surface area contributed by atoms with Gasteiger partial charge in [-0.2, -0.15) is 0 Å². The molecule has 2 heteroatoms. The summed E-state index contributed by atoms with van der Waals surface area (Å²) >= 11 is 0.